The van der Waals surface area contributed by atoms with E-state index in [1.807, 2.05) is 21.7 Å². The number of thiophene rings is 1. The summed E-state index contributed by atoms with van der Waals surface area (Å²) in [5.74, 6) is -0.251. The van der Waals surface area contributed by atoms with Crippen LogP contribution in [-0.2, 0) is 6.61 Å². The maximum absolute atomic E-state index is 14.6. The Kier molecular flexibility index (Phi) is 5.74. The molecule has 27 heavy (non-hydrogen) atoms. The van der Waals surface area contributed by atoms with E-state index in [0.29, 0.717) is 18.9 Å². The molecule has 0 N–H and O–H groups in total. The number of hydrogen-bond donors (Lipinski definition) is 0. The van der Waals surface area contributed by atoms with E-state index in [4.69, 9.17) is 4.74 Å². The maximum atomic E-state index is 14.6. The molecule has 2 aliphatic rings. The first-order chi connectivity index (χ1) is 13.2. The molecule has 2 aliphatic heterocycles. The number of nitrogens with zero attached hydrogens (tertiary/aromatic N) is 2. The molecule has 0 saturated carbocycles. The fourth-order valence-corrected chi connectivity index (χ4v) is 4.66. The number of carbonyl (C=O) groups is 1. The Balaban J connectivity index is 1.41. The van der Waals surface area contributed by atoms with Crippen molar-refractivity contribution in [2.45, 2.75) is 38.3 Å². The third kappa shape index (κ3) is 4.33. The van der Waals surface area contributed by atoms with E-state index >= 15 is 0 Å². The van der Waals surface area contributed by atoms with Gasteiger partial charge in [0.05, 0.1) is 5.56 Å². The highest BCUT2D eigenvalue weighted by Crippen LogP contribution is 2.25. The van der Waals surface area contributed by atoms with Crippen LogP contribution in [0.25, 0.3) is 0 Å². The van der Waals surface area contributed by atoms with Gasteiger partial charge in [-0.2, -0.15) is 11.3 Å². The second kappa shape index (κ2) is 8.40. The SMILES string of the molecule is O=C(c1ccc(OCc2ccsc2)cc1F)N1CCCC1CN1CCCC1. The van der Waals surface area contributed by atoms with Crippen LogP contribution in [0.2, 0.25) is 0 Å². The fraction of sp³-hybridized carbons (Fsp3) is 0.476. The number of likely N-dealkylation sites (tertiary alicyclic amines) is 2. The number of amides is 1. The lowest BCUT2D eigenvalue weighted by Gasteiger charge is -2.28. The third-order valence-corrected chi connectivity index (χ3v) is 6.19. The van der Waals surface area contributed by atoms with Crippen LogP contribution in [0.4, 0.5) is 4.39 Å². The third-order valence-electron chi connectivity index (χ3n) is 5.46. The van der Waals surface area contributed by atoms with Crippen LogP contribution in [0, 0.1) is 5.82 Å². The molecule has 0 spiro atoms. The van der Waals surface area contributed by atoms with Crippen molar-refractivity contribution in [2.24, 2.45) is 0 Å². The fourth-order valence-electron chi connectivity index (χ4n) is 4.01. The highest BCUT2D eigenvalue weighted by Gasteiger charge is 2.32. The molecular formula is C21H25FN2O2S. The monoisotopic (exact) mass is 388 g/mol. The van der Waals surface area contributed by atoms with E-state index in [0.717, 1.165) is 38.0 Å². The van der Waals surface area contributed by atoms with Crippen LogP contribution in [-0.4, -0.2) is 47.9 Å². The van der Waals surface area contributed by atoms with Crippen LogP contribution in [0.1, 0.15) is 41.6 Å². The first-order valence-electron chi connectivity index (χ1n) is 9.67. The molecule has 2 aromatic rings. The van der Waals surface area contributed by atoms with Crippen LogP contribution in [0.5, 0.6) is 5.75 Å². The Labute approximate surface area is 163 Å². The standard InChI is InChI=1S/C21H25FN2O2S/c22-20-12-18(26-14-16-7-11-27-15-16)5-6-19(20)21(25)24-10-3-4-17(24)13-23-8-1-2-9-23/h5-7,11-12,15,17H,1-4,8-10,13-14H2. The van der Waals surface area contributed by atoms with Gasteiger partial charge in [0.25, 0.3) is 5.91 Å². The molecule has 2 saturated heterocycles. The minimum Gasteiger partial charge on any atom is -0.489 e. The summed E-state index contributed by atoms with van der Waals surface area (Å²) in [6, 6.07) is 6.75. The number of rotatable bonds is 6. The largest absolute Gasteiger partial charge is 0.489 e. The Morgan fingerprint density at radius 2 is 2.04 bits per heavy atom. The van der Waals surface area contributed by atoms with Gasteiger partial charge in [-0.1, -0.05) is 0 Å². The minimum absolute atomic E-state index is 0.145. The van der Waals surface area contributed by atoms with Gasteiger partial charge < -0.3 is 14.5 Å². The van der Waals surface area contributed by atoms with Crippen molar-refractivity contribution in [3.63, 3.8) is 0 Å². The van der Waals surface area contributed by atoms with Crippen molar-refractivity contribution in [2.75, 3.05) is 26.2 Å². The smallest absolute Gasteiger partial charge is 0.257 e. The number of carbonyl (C=O) groups excluding carboxylic acids is 1. The van der Waals surface area contributed by atoms with Crippen molar-refractivity contribution in [1.82, 2.24) is 9.80 Å². The molecule has 3 heterocycles. The molecule has 1 aromatic heterocycles. The zero-order valence-corrected chi connectivity index (χ0v) is 16.2. The van der Waals surface area contributed by atoms with Gasteiger partial charge in [-0.3, -0.25) is 4.79 Å². The molecule has 1 atom stereocenters. The first kappa shape index (κ1) is 18.4. The number of benzene rings is 1. The molecule has 4 nitrogen and oxygen atoms in total. The van der Waals surface area contributed by atoms with Gasteiger partial charge in [-0.15, -0.1) is 0 Å². The maximum Gasteiger partial charge on any atom is 0.257 e. The van der Waals surface area contributed by atoms with Gasteiger partial charge in [-0.25, -0.2) is 4.39 Å². The van der Waals surface area contributed by atoms with Gasteiger partial charge in [0, 0.05) is 25.2 Å². The second-order valence-corrected chi connectivity index (χ2v) is 8.14. The summed E-state index contributed by atoms with van der Waals surface area (Å²) in [5.41, 5.74) is 1.20. The van der Waals surface area contributed by atoms with Crippen LogP contribution in [0.3, 0.4) is 0 Å². The lowest BCUT2D eigenvalue weighted by molar-refractivity contribution is 0.0704. The van der Waals surface area contributed by atoms with Crippen molar-refractivity contribution in [3.05, 3.63) is 52.0 Å². The molecule has 6 heteroatoms. The minimum atomic E-state index is -0.505. The van der Waals surface area contributed by atoms with E-state index < -0.39 is 5.82 Å². The van der Waals surface area contributed by atoms with Crippen molar-refractivity contribution < 1.29 is 13.9 Å². The molecule has 1 amide bonds. The lowest BCUT2D eigenvalue weighted by Crippen LogP contribution is -2.42. The van der Waals surface area contributed by atoms with Crippen LogP contribution < -0.4 is 4.74 Å². The quantitative estimate of drug-likeness (QED) is 0.745. The van der Waals surface area contributed by atoms with E-state index in [-0.39, 0.29) is 17.5 Å². The summed E-state index contributed by atoms with van der Waals surface area (Å²) in [6.07, 6.45) is 4.48. The topological polar surface area (TPSA) is 32.8 Å². The normalized spacial score (nSPS) is 20.3. The highest BCUT2D eigenvalue weighted by atomic mass is 32.1. The summed E-state index contributed by atoms with van der Waals surface area (Å²) in [5, 5.41) is 3.98. The van der Waals surface area contributed by atoms with Crippen molar-refractivity contribution in [3.8, 4) is 5.75 Å². The molecule has 4 rings (SSSR count). The zero-order valence-electron chi connectivity index (χ0n) is 15.4. The van der Waals surface area contributed by atoms with E-state index in [1.165, 1.54) is 18.9 Å². The van der Waals surface area contributed by atoms with Crippen molar-refractivity contribution in [1.29, 1.82) is 0 Å². The van der Waals surface area contributed by atoms with Gasteiger partial charge in [0.15, 0.2) is 0 Å². The Morgan fingerprint density at radius 3 is 2.78 bits per heavy atom. The molecule has 0 radical (unpaired) electrons. The number of ether oxygens (including phenoxy) is 1. The van der Waals surface area contributed by atoms with Crippen LogP contribution >= 0.6 is 11.3 Å². The molecule has 144 valence electrons. The second-order valence-electron chi connectivity index (χ2n) is 7.36. The molecule has 0 bridgehead atoms. The predicted molar refractivity (Wildman–Crippen MR) is 105 cm³/mol. The lowest BCUT2D eigenvalue weighted by atomic mass is 10.1. The first-order valence-corrected chi connectivity index (χ1v) is 10.6. The summed E-state index contributed by atoms with van der Waals surface area (Å²) in [4.78, 5) is 17.2. The predicted octanol–water partition coefficient (Wildman–Crippen LogP) is 4.17. The average molecular weight is 389 g/mol. The number of hydrogen-bond acceptors (Lipinski definition) is 4. The molecule has 1 unspecified atom stereocenters. The Bertz CT molecular complexity index is 774. The summed E-state index contributed by atoms with van der Waals surface area (Å²) in [6.45, 7) is 4.26. The molecule has 0 aliphatic carbocycles. The molecule has 1 aromatic carbocycles. The summed E-state index contributed by atoms with van der Waals surface area (Å²) < 4.78 is 20.3. The van der Waals surface area contributed by atoms with Crippen molar-refractivity contribution >= 4 is 17.2 Å². The zero-order chi connectivity index (χ0) is 18.6. The summed E-state index contributed by atoms with van der Waals surface area (Å²) in [7, 11) is 0. The van der Waals surface area contributed by atoms with E-state index in [1.54, 1.807) is 23.5 Å². The molecular weight excluding hydrogens is 363 g/mol. The van der Waals surface area contributed by atoms with E-state index in [9.17, 15) is 9.18 Å². The highest BCUT2D eigenvalue weighted by molar-refractivity contribution is 7.07. The molecule has 2 fully saturated rings. The van der Waals surface area contributed by atoms with E-state index in [2.05, 4.69) is 4.90 Å². The Morgan fingerprint density at radius 1 is 1.19 bits per heavy atom. The number of halogens is 1. The average Bonchev–Trinajstić information content (AvgIpc) is 3.43. The summed E-state index contributed by atoms with van der Waals surface area (Å²) >= 11 is 1.60. The van der Waals surface area contributed by atoms with Gasteiger partial charge in [-0.05, 0) is 73.3 Å². The van der Waals surface area contributed by atoms with Gasteiger partial charge in [0.2, 0.25) is 0 Å². The van der Waals surface area contributed by atoms with Gasteiger partial charge in [0.1, 0.15) is 18.2 Å². The van der Waals surface area contributed by atoms with Crippen LogP contribution in [0.15, 0.2) is 35.0 Å². The van der Waals surface area contributed by atoms with Gasteiger partial charge >= 0.3 is 0 Å². The Hall–Kier alpha value is -1.92.